The van der Waals surface area contributed by atoms with Crippen LogP contribution in [0.15, 0.2) is 87.5 Å². The third-order valence-corrected chi connectivity index (χ3v) is 12.5. The quantitative estimate of drug-likeness (QED) is 0.179. The Bertz CT molecular complexity index is 1830. The molecule has 332 valence electrons. The molecule has 0 saturated heterocycles. The van der Waals surface area contributed by atoms with Gasteiger partial charge in [-0.15, -0.1) is 0 Å². The van der Waals surface area contributed by atoms with Gasteiger partial charge in [0, 0.05) is 14.7 Å². The van der Waals surface area contributed by atoms with Gasteiger partial charge >= 0.3 is 53.6 Å². The Morgan fingerprint density at radius 3 is 0.814 bits per heavy atom. The van der Waals surface area contributed by atoms with Gasteiger partial charge in [0.25, 0.3) is 0 Å². The fourth-order valence-corrected chi connectivity index (χ4v) is 8.45. The van der Waals surface area contributed by atoms with Crippen molar-refractivity contribution in [1.82, 2.24) is 0 Å². The van der Waals surface area contributed by atoms with E-state index in [1.165, 1.54) is 72.8 Å². The second-order valence-corrected chi connectivity index (χ2v) is 19.5. The fourth-order valence-electron chi connectivity index (χ4n) is 5.45. The monoisotopic (exact) mass is 894 g/mol. The minimum Gasteiger partial charge on any atom is -0.397 e. The maximum absolute atomic E-state index is 15.7. The van der Waals surface area contributed by atoms with E-state index in [0.717, 1.165) is 0 Å². The van der Waals surface area contributed by atoms with Gasteiger partial charge in [0.15, 0.2) is 0 Å². The van der Waals surface area contributed by atoms with E-state index in [1.807, 2.05) is 0 Å². The molecule has 20 heteroatoms. The molecule has 3 aromatic rings. The topological polar surface area (TPSA) is 26.3 Å². The van der Waals surface area contributed by atoms with Crippen molar-refractivity contribution in [3.8, 4) is 0 Å². The molecule has 0 N–H and O–H groups in total. The van der Waals surface area contributed by atoms with Gasteiger partial charge in [0.1, 0.15) is 0 Å². The molecule has 0 saturated carbocycles. The number of halogens is 17. The summed E-state index contributed by atoms with van der Waals surface area (Å²) in [6.07, 6.45) is -7.89. The molecular formula is C39H39F17O2S. The van der Waals surface area contributed by atoms with Crippen molar-refractivity contribution in [2.75, 3.05) is 0 Å². The Kier molecular flexibility index (Phi) is 12.4. The first-order chi connectivity index (χ1) is 26.0. The molecule has 0 bridgehead atoms. The second-order valence-electron chi connectivity index (χ2n) is 16.8. The van der Waals surface area contributed by atoms with Crippen LogP contribution in [0.2, 0.25) is 0 Å². The number of rotatable bonds is 11. The van der Waals surface area contributed by atoms with Crippen LogP contribution in [-0.2, 0) is 25.2 Å². The normalized spacial score (nSPS) is 15.3. The van der Waals surface area contributed by atoms with Gasteiger partial charge in [-0.3, -0.25) is 0 Å². The van der Waals surface area contributed by atoms with Gasteiger partial charge in [-0.25, -0.2) is 4.79 Å². The van der Waals surface area contributed by atoms with Crippen LogP contribution in [-0.4, -0.2) is 53.6 Å². The molecule has 0 atom stereocenters. The summed E-state index contributed by atoms with van der Waals surface area (Å²) in [5, 5.41) is 0. The van der Waals surface area contributed by atoms with E-state index in [4.69, 9.17) is 4.18 Å². The number of alkyl halides is 17. The van der Waals surface area contributed by atoms with Crippen molar-refractivity contribution in [2.24, 2.45) is 0 Å². The van der Waals surface area contributed by atoms with Crippen molar-refractivity contribution >= 4 is 16.3 Å². The molecule has 0 amide bonds. The molecule has 2 nitrogen and oxygen atoms in total. The molecule has 0 aliphatic rings. The van der Waals surface area contributed by atoms with Crippen LogP contribution in [0.25, 0.3) is 0 Å². The zero-order valence-electron chi connectivity index (χ0n) is 32.6. The number of carbonyl (C=O) groups excluding carboxylic acids is 1. The zero-order chi connectivity index (χ0) is 46.2. The molecule has 0 spiro atoms. The van der Waals surface area contributed by atoms with Gasteiger partial charge in [-0.1, -0.05) is 98.7 Å². The van der Waals surface area contributed by atoms with Crippen molar-refractivity contribution in [2.45, 2.75) is 141 Å². The van der Waals surface area contributed by atoms with Crippen LogP contribution >= 0.6 is 10.3 Å². The summed E-state index contributed by atoms with van der Waals surface area (Å²) in [7, 11) is -4.32. The maximum atomic E-state index is 15.7. The Labute approximate surface area is 330 Å². The third-order valence-electron chi connectivity index (χ3n) is 9.34. The molecule has 0 heterocycles. The molecule has 0 aliphatic carbocycles. The lowest BCUT2D eigenvalue weighted by atomic mass is 9.87. The van der Waals surface area contributed by atoms with Crippen LogP contribution in [0.5, 0.6) is 0 Å². The van der Waals surface area contributed by atoms with Crippen molar-refractivity contribution in [3.63, 3.8) is 0 Å². The van der Waals surface area contributed by atoms with Crippen LogP contribution in [0, 0.1) is 0 Å². The van der Waals surface area contributed by atoms with Crippen LogP contribution in [0.4, 0.5) is 74.6 Å². The summed E-state index contributed by atoms with van der Waals surface area (Å²) in [5.41, 5.74) is -0.237. The van der Waals surface area contributed by atoms with E-state index >= 15 is 17.6 Å². The van der Waals surface area contributed by atoms with Gasteiger partial charge in [-0.2, -0.15) is 74.6 Å². The molecule has 0 radical (unpaired) electrons. The van der Waals surface area contributed by atoms with E-state index in [-0.39, 0.29) is 14.7 Å². The summed E-state index contributed by atoms with van der Waals surface area (Å²) in [6.45, 7) is 15.6. The molecule has 59 heavy (non-hydrogen) atoms. The molecule has 3 aromatic carbocycles. The summed E-state index contributed by atoms with van der Waals surface area (Å²) in [5.74, 6) is -62.9. The van der Waals surface area contributed by atoms with Crippen LogP contribution in [0.3, 0.4) is 0 Å². The lowest BCUT2D eigenvalue weighted by molar-refractivity contribution is -0.459. The molecule has 3 rings (SSSR count). The fraction of sp³-hybridized carbons (Fsp3) is 0.513. The molecule has 0 fully saturated rings. The molecule has 0 aliphatic heterocycles. The number of carbonyl (C=O) groups is 1. The van der Waals surface area contributed by atoms with Crippen LogP contribution < -0.4 is 0 Å². The lowest BCUT2D eigenvalue weighted by Gasteiger charge is -2.44. The standard InChI is InChI=1S/C39H39F17O2S/c1-29(2,3)22-10-16-25(17-11-22)59(26-18-12-23(13-19-26)30(4,5)6,27-20-14-24(15-21-27)31(7,8)9)58-28(57)32(40,41)33(42,43)34(44,45)35(46,47)36(48,49)37(50,51)38(52,53)39(54,55)56/h10-21H,1-9H3. The smallest absolute Gasteiger partial charge is 0.397 e. The van der Waals surface area contributed by atoms with Crippen molar-refractivity contribution in [1.29, 1.82) is 0 Å². The molecular weight excluding hydrogens is 855 g/mol. The first-order valence-corrected chi connectivity index (χ1v) is 18.7. The highest BCUT2D eigenvalue weighted by Crippen LogP contribution is 2.71. The lowest BCUT2D eigenvalue weighted by Crippen LogP contribution is -2.75. The van der Waals surface area contributed by atoms with Crippen molar-refractivity contribution < 1.29 is 83.6 Å². The number of hydrogen-bond donors (Lipinski definition) is 0. The Morgan fingerprint density at radius 1 is 0.373 bits per heavy atom. The summed E-state index contributed by atoms with van der Waals surface area (Å²) < 4.78 is 247. The maximum Gasteiger partial charge on any atom is 0.460 e. The van der Waals surface area contributed by atoms with E-state index in [9.17, 15) is 61.9 Å². The van der Waals surface area contributed by atoms with Gasteiger partial charge in [0.2, 0.25) is 0 Å². The molecule has 0 aromatic heterocycles. The number of hydrogen-bond acceptors (Lipinski definition) is 2. The molecule has 0 unspecified atom stereocenters. The summed E-state index contributed by atoms with van der Waals surface area (Å²) >= 11 is 0. The SMILES string of the molecule is CC(C)(C)c1ccc(S(OC(=O)C(F)(F)C(F)(F)C(F)(F)C(F)(F)C(F)(F)C(F)(F)C(F)(F)C(F)(F)F)(c2ccc(C(C)(C)C)cc2)c2ccc(C(C)(C)C)cc2)cc1. The minimum absolute atomic E-state index is 0.303. The highest BCUT2D eigenvalue weighted by Gasteiger charge is 2.96. The number of benzene rings is 3. The van der Waals surface area contributed by atoms with Gasteiger partial charge < -0.3 is 4.18 Å². The average molecular weight is 895 g/mol. The van der Waals surface area contributed by atoms with Crippen molar-refractivity contribution in [3.05, 3.63) is 89.5 Å². The Balaban J connectivity index is 2.41. The Morgan fingerprint density at radius 2 is 0.593 bits per heavy atom. The highest BCUT2D eigenvalue weighted by molar-refractivity contribution is 8.30. The predicted octanol–water partition coefficient (Wildman–Crippen LogP) is 14.3. The van der Waals surface area contributed by atoms with E-state index in [0.29, 0.717) is 16.7 Å². The zero-order valence-corrected chi connectivity index (χ0v) is 33.4. The van der Waals surface area contributed by atoms with Gasteiger partial charge in [-0.05, 0) is 79.6 Å². The average Bonchev–Trinajstić information content (AvgIpc) is 3.08. The predicted molar refractivity (Wildman–Crippen MR) is 185 cm³/mol. The third kappa shape index (κ3) is 7.99. The highest BCUT2D eigenvalue weighted by atomic mass is 32.3. The summed E-state index contributed by atoms with van der Waals surface area (Å²) in [4.78, 5) is 12.5. The van der Waals surface area contributed by atoms with Gasteiger partial charge in [0.05, 0.1) is 0 Å². The second kappa shape index (κ2) is 14.7. The minimum atomic E-state index is -8.86. The van der Waals surface area contributed by atoms with E-state index in [2.05, 4.69) is 0 Å². The van der Waals surface area contributed by atoms with Crippen LogP contribution in [0.1, 0.15) is 79.0 Å². The van der Waals surface area contributed by atoms with E-state index in [1.54, 1.807) is 62.3 Å². The Hall–Kier alpha value is -3.71. The first kappa shape index (κ1) is 49.7. The van der Waals surface area contributed by atoms with E-state index < -0.39 is 80.2 Å². The largest absolute Gasteiger partial charge is 0.460 e. The first-order valence-electron chi connectivity index (χ1n) is 17.1. The summed E-state index contributed by atoms with van der Waals surface area (Å²) in [6, 6.07) is 15.4.